The van der Waals surface area contributed by atoms with E-state index in [1.165, 1.54) is 4.90 Å². The summed E-state index contributed by atoms with van der Waals surface area (Å²) < 4.78 is 26.7. The summed E-state index contributed by atoms with van der Waals surface area (Å²) >= 11 is 0. The monoisotopic (exact) mass is 501 g/mol. The number of amides is 2. The van der Waals surface area contributed by atoms with Crippen LogP contribution in [-0.4, -0.2) is 50.5 Å². The number of anilines is 1. The number of carbonyl (C=O) groups excluding carboxylic acids is 2. The summed E-state index contributed by atoms with van der Waals surface area (Å²) in [6.07, 6.45) is 2.13. The molecule has 7 nitrogen and oxygen atoms in total. The summed E-state index contributed by atoms with van der Waals surface area (Å²) in [5, 5.41) is 2.93. The number of hydrogen-bond donors (Lipinski definition) is 1. The van der Waals surface area contributed by atoms with Gasteiger partial charge >= 0.3 is 0 Å². The largest absolute Gasteiger partial charge is 0.354 e. The molecule has 0 bridgehead atoms. The summed E-state index contributed by atoms with van der Waals surface area (Å²) in [6, 6.07) is 14.2. The molecule has 0 saturated heterocycles. The second-order valence-electron chi connectivity index (χ2n) is 9.33. The van der Waals surface area contributed by atoms with Crippen molar-refractivity contribution in [3.05, 3.63) is 65.2 Å². The van der Waals surface area contributed by atoms with Crippen LogP contribution in [0.5, 0.6) is 0 Å². The molecule has 0 aliphatic carbocycles. The Bertz CT molecular complexity index is 1110. The van der Waals surface area contributed by atoms with E-state index in [1.54, 1.807) is 12.1 Å². The number of benzene rings is 2. The Kier molecular flexibility index (Phi) is 10.3. The fourth-order valence-corrected chi connectivity index (χ4v) is 4.88. The summed E-state index contributed by atoms with van der Waals surface area (Å²) in [6.45, 7) is 10.1. The molecule has 192 valence electrons. The van der Waals surface area contributed by atoms with Crippen LogP contribution in [0.15, 0.2) is 48.5 Å². The van der Waals surface area contributed by atoms with E-state index in [4.69, 9.17) is 0 Å². The maximum absolute atomic E-state index is 13.7. The third-order valence-electron chi connectivity index (χ3n) is 5.83. The lowest BCUT2D eigenvalue weighted by Crippen LogP contribution is -2.52. The Morgan fingerprint density at radius 2 is 1.71 bits per heavy atom. The SMILES string of the molecule is CCc1ccccc1N(CC(=O)N(Cc1cccc(C)c1)C(CC)C(=O)NCC(C)C)S(C)(=O)=O. The Labute approximate surface area is 210 Å². The molecule has 2 amide bonds. The van der Waals surface area contributed by atoms with Crippen molar-refractivity contribution in [2.75, 3.05) is 23.7 Å². The molecule has 1 atom stereocenters. The second kappa shape index (κ2) is 12.7. The molecule has 0 spiro atoms. The first-order valence-electron chi connectivity index (χ1n) is 12.2. The van der Waals surface area contributed by atoms with Crippen molar-refractivity contribution in [1.82, 2.24) is 10.2 Å². The van der Waals surface area contributed by atoms with Gasteiger partial charge in [-0.2, -0.15) is 0 Å². The van der Waals surface area contributed by atoms with Crippen molar-refractivity contribution in [3.8, 4) is 0 Å². The molecule has 2 aromatic rings. The van der Waals surface area contributed by atoms with Crippen LogP contribution in [-0.2, 0) is 32.6 Å². The van der Waals surface area contributed by atoms with Crippen molar-refractivity contribution >= 4 is 27.5 Å². The third-order valence-corrected chi connectivity index (χ3v) is 6.95. The van der Waals surface area contributed by atoms with Crippen LogP contribution >= 0.6 is 0 Å². The van der Waals surface area contributed by atoms with E-state index in [2.05, 4.69) is 5.32 Å². The van der Waals surface area contributed by atoms with Crippen molar-refractivity contribution in [3.63, 3.8) is 0 Å². The van der Waals surface area contributed by atoms with Gasteiger partial charge in [-0.25, -0.2) is 8.42 Å². The smallest absolute Gasteiger partial charge is 0.244 e. The number of nitrogens with one attached hydrogen (secondary N) is 1. The van der Waals surface area contributed by atoms with Crippen molar-refractivity contribution in [1.29, 1.82) is 0 Å². The lowest BCUT2D eigenvalue weighted by atomic mass is 10.1. The Morgan fingerprint density at radius 3 is 2.29 bits per heavy atom. The van der Waals surface area contributed by atoms with Gasteiger partial charge in [0.15, 0.2) is 0 Å². The molecule has 1 N–H and O–H groups in total. The quantitative estimate of drug-likeness (QED) is 0.478. The van der Waals surface area contributed by atoms with Gasteiger partial charge in [0.2, 0.25) is 21.8 Å². The van der Waals surface area contributed by atoms with Crippen molar-refractivity contribution < 1.29 is 18.0 Å². The van der Waals surface area contributed by atoms with E-state index in [1.807, 2.05) is 71.0 Å². The predicted octanol–water partition coefficient (Wildman–Crippen LogP) is 3.90. The molecule has 0 heterocycles. The fraction of sp³-hybridized carbons (Fsp3) is 0.481. The van der Waals surface area contributed by atoms with Gasteiger partial charge in [0, 0.05) is 13.1 Å². The highest BCUT2D eigenvalue weighted by Crippen LogP contribution is 2.24. The fourth-order valence-electron chi connectivity index (χ4n) is 4.00. The number of carbonyl (C=O) groups is 2. The number of nitrogens with zero attached hydrogens (tertiary/aromatic N) is 2. The topological polar surface area (TPSA) is 86.8 Å². The Balaban J connectivity index is 2.46. The van der Waals surface area contributed by atoms with E-state index in [9.17, 15) is 18.0 Å². The molecule has 2 rings (SSSR count). The average molecular weight is 502 g/mol. The van der Waals surface area contributed by atoms with Crippen LogP contribution in [0.4, 0.5) is 5.69 Å². The number of sulfonamides is 1. The minimum atomic E-state index is -3.75. The number of rotatable bonds is 12. The molecule has 0 fully saturated rings. The van der Waals surface area contributed by atoms with Gasteiger partial charge in [0.05, 0.1) is 11.9 Å². The van der Waals surface area contributed by atoms with Crippen molar-refractivity contribution in [2.45, 2.75) is 60.0 Å². The van der Waals surface area contributed by atoms with Gasteiger partial charge in [-0.05, 0) is 42.9 Å². The van der Waals surface area contributed by atoms with Crippen LogP contribution in [0.25, 0.3) is 0 Å². The lowest BCUT2D eigenvalue weighted by molar-refractivity contribution is -0.140. The highest BCUT2D eigenvalue weighted by Gasteiger charge is 2.32. The van der Waals surface area contributed by atoms with Crippen LogP contribution in [0.2, 0.25) is 0 Å². The van der Waals surface area contributed by atoms with Gasteiger partial charge in [-0.3, -0.25) is 13.9 Å². The van der Waals surface area contributed by atoms with E-state index < -0.39 is 22.0 Å². The van der Waals surface area contributed by atoms with E-state index >= 15 is 0 Å². The highest BCUT2D eigenvalue weighted by atomic mass is 32.2. The number of para-hydroxylation sites is 1. The van der Waals surface area contributed by atoms with Gasteiger partial charge in [-0.1, -0.05) is 75.7 Å². The Morgan fingerprint density at radius 1 is 1.03 bits per heavy atom. The summed E-state index contributed by atoms with van der Waals surface area (Å²) in [7, 11) is -3.75. The van der Waals surface area contributed by atoms with Crippen molar-refractivity contribution in [2.24, 2.45) is 5.92 Å². The lowest BCUT2D eigenvalue weighted by Gasteiger charge is -2.33. The highest BCUT2D eigenvalue weighted by molar-refractivity contribution is 7.92. The zero-order chi connectivity index (χ0) is 26.2. The van der Waals surface area contributed by atoms with E-state index in [-0.39, 0.29) is 24.9 Å². The van der Waals surface area contributed by atoms with Gasteiger partial charge in [0.1, 0.15) is 12.6 Å². The first-order chi connectivity index (χ1) is 16.5. The Hall–Kier alpha value is -2.87. The molecule has 0 aliphatic heterocycles. The van der Waals surface area contributed by atoms with E-state index in [0.717, 1.165) is 27.3 Å². The maximum Gasteiger partial charge on any atom is 0.244 e. The first kappa shape index (κ1) is 28.4. The van der Waals surface area contributed by atoms with Crippen LogP contribution in [0.1, 0.15) is 50.8 Å². The molecule has 2 aromatic carbocycles. The third kappa shape index (κ3) is 8.09. The normalized spacial score (nSPS) is 12.3. The second-order valence-corrected chi connectivity index (χ2v) is 11.2. The molecule has 0 saturated carbocycles. The zero-order valence-electron chi connectivity index (χ0n) is 21.7. The minimum absolute atomic E-state index is 0.209. The van der Waals surface area contributed by atoms with Gasteiger partial charge < -0.3 is 10.2 Å². The standard InChI is InChI=1S/C27H39N3O4S/c1-7-23-14-9-10-15-25(23)30(35(6,33)34)19-26(31)29(18-22-13-11-12-21(5)16-22)24(8-2)27(32)28-17-20(3)4/h9-16,20,24H,7-8,17-19H2,1-6H3,(H,28,32). The molecule has 8 heteroatoms. The molecular weight excluding hydrogens is 462 g/mol. The summed E-state index contributed by atoms with van der Waals surface area (Å²) in [5.74, 6) is -0.389. The predicted molar refractivity (Wildman–Crippen MR) is 142 cm³/mol. The van der Waals surface area contributed by atoms with Crippen LogP contribution < -0.4 is 9.62 Å². The average Bonchev–Trinajstić information content (AvgIpc) is 2.80. The van der Waals surface area contributed by atoms with Crippen LogP contribution in [0.3, 0.4) is 0 Å². The minimum Gasteiger partial charge on any atom is -0.354 e. The zero-order valence-corrected chi connectivity index (χ0v) is 22.6. The summed E-state index contributed by atoms with van der Waals surface area (Å²) in [4.78, 5) is 28.4. The molecule has 0 aromatic heterocycles. The van der Waals surface area contributed by atoms with Gasteiger partial charge in [-0.15, -0.1) is 0 Å². The first-order valence-corrected chi connectivity index (χ1v) is 14.0. The number of aryl methyl sites for hydroxylation is 2. The van der Waals surface area contributed by atoms with Crippen LogP contribution in [0, 0.1) is 12.8 Å². The molecular formula is C27H39N3O4S. The maximum atomic E-state index is 13.7. The van der Waals surface area contributed by atoms with Gasteiger partial charge in [0.25, 0.3) is 0 Å². The number of hydrogen-bond acceptors (Lipinski definition) is 4. The molecule has 0 radical (unpaired) electrons. The van der Waals surface area contributed by atoms with E-state index in [0.29, 0.717) is 25.1 Å². The summed E-state index contributed by atoms with van der Waals surface area (Å²) in [5.41, 5.74) is 3.24. The molecule has 1 unspecified atom stereocenters. The molecule has 0 aliphatic rings. The molecule has 35 heavy (non-hydrogen) atoms.